The number of rotatable bonds is 15. The summed E-state index contributed by atoms with van der Waals surface area (Å²) in [7, 11) is 0. The quantitative estimate of drug-likeness (QED) is 0.245. The first kappa shape index (κ1) is 22.8. The fourth-order valence-corrected chi connectivity index (χ4v) is 3.38. The van der Waals surface area contributed by atoms with Gasteiger partial charge in [0, 0.05) is 11.9 Å². The minimum absolute atomic E-state index is 0.285. The van der Waals surface area contributed by atoms with Crippen molar-refractivity contribution < 1.29 is 14.6 Å². The van der Waals surface area contributed by atoms with Crippen LogP contribution in [0.15, 0.2) is 48.5 Å². The second kappa shape index (κ2) is 14.5. The second-order valence-corrected chi connectivity index (χ2v) is 7.78. The number of hydrogen-bond donors (Lipinski definition) is 1. The second-order valence-electron chi connectivity index (χ2n) is 6.99. The van der Waals surface area contributed by atoms with E-state index in [0.29, 0.717) is 0 Å². The van der Waals surface area contributed by atoms with Crippen molar-refractivity contribution in [3.63, 3.8) is 0 Å². The van der Waals surface area contributed by atoms with Crippen LogP contribution in [0.3, 0.4) is 0 Å². The third-order valence-electron chi connectivity index (χ3n) is 4.66. The zero-order chi connectivity index (χ0) is 19.9. The number of alkyl halides is 1. The van der Waals surface area contributed by atoms with E-state index in [1.807, 2.05) is 24.3 Å². The lowest BCUT2D eigenvalue weighted by molar-refractivity contribution is 0.273. The average molecular weight is 449 g/mol. The van der Waals surface area contributed by atoms with Crippen molar-refractivity contribution in [3.05, 3.63) is 48.5 Å². The van der Waals surface area contributed by atoms with Gasteiger partial charge in [0.05, 0.1) is 13.2 Å². The molecule has 2 aromatic rings. The molecule has 0 unspecified atom stereocenters. The maximum atomic E-state index is 8.77. The van der Waals surface area contributed by atoms with Gasteiger partial charge in [0.25, 0.3) is 0 Å². The largest absolute Gasteiger partial charge is 0.494 e. The maximum Gasteiger partial charge on any atom is 0.119 e. The molecule has 0 heterocycles. The molecule has 1 N–H and O–H groups in total. The van der Waals surface area contributed by atoms with Crippen LogP contribution in [0.25, 0.3) is 11.1 Å². The van der Waals surface area contributed by atoms with E-state index in [4.69, 9.17) is 14.6 Å². The number of aliphatic hydroxyl groups is 1. The average Bonchev–Trinajstić information content (AvgIpc) is 2.74. The summed E-state index contributed by atoms with van der Waals surface area (Å²) >= 11 is 3.46. The molecule has 0 radical (unpaired) electrons. The molecule has 0 atom stereocenters. The van der Waals surface area contributed by atoms with Crippen molar-refractivity contribution in [3.8, 4) is 22.6 Å². The molecule has 2 rings (SSSR count). The van der Waals surface area contributed by atoms with Gasteiger partial charge in [0.15, 0.2) is 0 Å². The third-order valence-corrected chi connectivity index (χ3v) is 5.22. The van der Waals surface area contributed by atoms with E-state index in [0.717, 1.165) is 62.1 Å². The van der Waals surface area contributed by atoms with E-state index in [1.54, 1.807) is 0 Å². The first-order chi connectivity index (χ1) is 13.8. The highest BCUT2D eigenvalue weighted by Crippen LogP contribution is 2.25. The Morgan fingerprint density at radius 3 is 1.43 bits per heavy atom. The Balaban J connectivity index is 1.71. The van der Waals surface area contributed by atoms with Crippen molar-refractivity contribution in [2.75, 3.05) is 25.2 Å². The molecule has 0 bridgehead atoms. The Morgan fingerprint density at radius 2 is 1.00 bits per heavy atom. The summed E-state index contributed by atoms with van der Waals surface area (Å²) in [6.45, 7) is 1.80. The van der Waals surface area contributed by atoms with E-state index in [-0.39, 0.29) is 6.61 Å². The zero-order valence-corrected chi connectivity index (χ0v) is 18.3. The van der Waals surface area contributed by atoms with Crippen LogP contribution in [-0.4, -0.2) is 30.3 Å². The molecular weight excluding hydrogens is 416 g/mol. The highest BCUT2D eigenvalue weighted by molar-refractivity contribution is 9.09. The molecule has 28 heavy (non-hydrogen) atoms. The fourth-order valence-electron chi connectivity index (χ4n) is 2.98. The van der Waals surface area contributed by atoms with Gasteiger partial charge < -0.3 is 14.6 Å². The Labute approximate surface area is 178 Å². The minimum atomic E-state index is 0.285. The van der Waals surface area contributed by atoms with E-state index >= 15 is 0 Å². The highest BCUT2D eigenvalue weighted by atomic mass is 79.9. The molecule has 0 aromatic heterocycles. The van der Waals surface area contributed by atoms with Crippen LogP contribution in [0.4, 0.5) is 0 Å². The summed E-state index contributed by atoms with van der Waals surface area (Å²) in [5.41, 5.74) is 2.36. The standard InChI is InChI=1S/C24H33BrO3/c25-17-5-1-3-7-19-27-23-13-9-21(10-14-23)22-11-15-24(16-12-22)28-20-8-4-2-6-18-26/h9-16,26H,1-8,17-20H2. The van der Waals surface area contributed by atoms with E-state index in [1.165, 1.54) is 30.4 Å². The van der Waals surface area contributed by atoms with Crippen molar-refractivity contribution in [1.29, 1.82) is 0 Å². The highest BCUT2D eigenvalue weighted by Gasteiger charge is 2.01. The van der Waals surface area contributed by atoms with Crippen molar-refractivity contribution in [2.45, 2.75) is 51.4 Å². The molecule has 0 saturated carbocycles. The summed E-state index contributed by atoms with van der Waals surface area (Å²) in [5, 5.41) is 9.86. The van der Waals surface area contributed by atoms with Gasteiger partial charge in [-0.15, -0.1) is 0 Å². The number of halogens is 1. The molecule has 0 fully saturated rings. The zero-order valence-electron chi connectivity index (χ0n) is 16.7. The Kier molecular flexibility index (Phi) is 11.8. The predicted molar refractivity (Wildman–Crippen MR) is 121 cm³/mol. The van der Waals surface area contributed by atoms with Crippen LogP contribution < -0.4 is 9.47 Å². The molecule has 0 saturated heterocycles. The number of aliphatic hydroxyl groups excluding tert-OH is 1. The number of benzene rings is 2. The lowest BCUT2D eigenvalue weighted by Gasteiger charge is -2.09. The number of ether oxygens (including phenoxy) is 2. The van der Waals surface area contributed by atoms with E-state index in [9.17, 15) is 0 Å². The first-order valence-corrected chi connectivity index (χ1v) is 11.6. The summed E-state index contributed by atoms with van der Waals surface area (Å²) in [5.74, 6) is 1.84. The van der Waals surface area contributed by atoms with Gasteiger partial charge in [-0.3, -0.25) is 0 Å². The number of hydrogen-bond acceptors (Lipinski definition) is 3. The van der Waals surface area contributed by atoms with Gasteiger partial charge in [-0.1, -0.05) is 59.5 Å². The topological polar surface area (TPSA) is 38.7 Å². The summed E-state index contributed by atoms with van der Waals surface area (Å²) in [6, 6.07) is 16.6. The fraction of sp³-hybridized carbons (Fsp3) is 0.500. The molecule has 3 nitrogen and oxygen atoms in total. The van der Waals surface area contributed by atoms with Crippen LogP contribution >= 0.6 is 15.9 Å². The molecule has 2 aromatic carbocycles. The van der Waals surface area contributed by atoms with Crippen LogP contribution in [0, 0.1) is 0 Å². The van der Waals surface area contributed by atoms with Gasteiger partial charge in [-0.2, -0.15) is 0 Å². The van der Waals surface area contributed by atoms with Crippen LogP contribution in [0.5, 0.6) is 11.5 Å². The molecule has 0 spiro atoms. The predicted octanol–water partition coefficient (Wildman–Crippen LogP) is 6.62. The molecular formula is C24H33BrO3. The SMILES string of the molecule is OCCCCCCOc1ccc(-c2ccc(OCCCCCCBr)cc2)cc1. The Morgan fingerprint density at radius 1 is 0.571 bits per heavy atom. The lowest BCUT2D eigenvalue weighted by Crippen LogP contribution is -1.97. The lowest BCUT2D eigenvalue weighted by atomic mass is 10.1. The van der Waals surface area contributed by atoms with Crippen LogP contribution in [-0.2, 0) is 0 Å². The summed E-state index contributed by atoms with van der Waals surface area (Å²) < 4.78 is 11.6. The molecule has 0 aliphatic carbocycles. The molecule has 154 valence electrons. The monoisotopic (exact) mass is 448 g/mol. The first-order valence-electron chi connectivity index (χ1n) is 10.5. The van der Waals surface area contributed by atoms with E-state index in [2.05, 4.69) is 40.2 Å². The van der Waals surface area contributed by atoms with Gasteiger partial charge >= 0.3 is 0 Å². The van der Waals surface area contributed by atoms with Gasteiger partial charge in [0.2, 0.25) is 0 Å². The summed E-state index contributed by atoms with van der Waals surface area (Å²) in [6.07, 6.45) is 8.91. The van der Waals surface area contributed by atoms with Crippen molar-refractivity contribution in [1.82, 2.24) is 0 Å². The van der Waals surface area contributed by atoms with Gasteiger partial charge in [-0.05, 0) is 67.5 Å². The van der Waals surface area contributed by atoms with Crippen molar-refractivity contribution in [2.24, 2.45) is 0 Å². The van der Waals surface area contributed by atoms with Gasteiger partial charge in [-0.25, -0.2) is 0 Å². The minimum Gasteiger partial charge on any atom is -0.494 e. The molecule has 4 heteroatoms. The Bertz CT molecular complexity index is 568. The summed E-state index contributed by atoms with van der Waals surface area (Å²) in [4.78, 5) is 0. The molecule has 0 aliphatic rings. The van der Waals surface area contributed by atoms with Crippen molar-refractivity contribution >= 4 is 15.9 Å². The van der Waals surface area contributed by atoms with Gasteiger partial charge in [0.1, 0.15) is 11.5 Å². The van der Waals surface area contributed by atoms with Crippen LogP contribution in [0.1, 0.15) is 51.4 Å². The molecule has 0 aliphatic heterocycles. The van der Waals surface area contributed by atoms with E-state index < -0.39 is 0 Å². The Hall–Kier alpha value is -1.52. The molecule has 0 amide bonds. The number of unbranched alkanes of at least 4 members (excludes halogenated alkanes) is 6. The smallest absolute Gasteiger partial charge is 0.119 e. The third kappa shape index (κ3) is 9.11. The maximum absolute atomic E-state index is 8.77. The normalized spacial score (nSPS) is 10.8. The van der Waals surface area contributed by atoms with Crippen LogP contribution in [0.2, 0.25) is 0 Å².